The van der Waals surface area contributed by atoms with Crippen LogP contribution in [0.3, 0.4) is 0 Å². The Labute approximate surface area is 190 Å². The molecule has 0 atom stereocenters. The van der Waals surface area contributed by atoms with Crippen LogP contribution in [0.5, 0.6) is 5.75 Å². The average molecular weight is 524 g/mol. The number of imidazole rings is 1. The first-order chi connectivity index (χ1) is 14.6. The van der Waals surface area contributed by atoms with Crippen molar-refractivity contribution in [3.8, 4) is 17.0 Å². The molecule has 7 heteroatoms. The Balaban J connectivity index is 1.74. The summed E-state index contributed by atoms with van der Waals surface area (Å²) >= 11 is 6.76. The van der Waals surface area contributed by atoms with Gasteiger partial charge in [0.15, 0.2) is 0 Å². The zero-order chi connectivity index (χ0) is 20.9. The minimum absolute atomic E-state index is 0.108. The summed E-state index contributed by atoms with van der Waals surface area (Å²) in [5.41, 5.74) is 3.25. The van der Waals surface area contributed by atoms with Crippen LogP contribution in [-0.4, -0.2) is 27.2 Å². The number of benzene rings is 3. The van der Waals surface area contributed by atoms with E-state index in [1.54, 1.807) is 29.2 Å². The number of hydrogen-bond donors (Lipinski definition) is 1. The molecule has 0 bridgehead atoms. The predicted octanol–water partition coefficient (Wildman–Crippen LogP) is 6.41. The van der Waals surface area contributed by atoms with E-state index in [-0.39, 0.29) is 5.75 Å². The van der Waals surface area contributed by atoms with Crippen molar-refractivity contribution in [2.75, 3.05) is 0 Å². The minimum atomic E-state index is 0.108. The first kappa shape index (κ1) is 20.3. The molecule has 5 nitrogen and oxygen atoms in total. The molecule has 4 rings (SSSR count). The maximum Gasteiger partial charge on any atom is 0.251 e. The molecule has 0 aliphatic carbocycles. The Morgan fingerprint density at radius 1 is 0.900 bits per heavy atom. The van der Waals surface area contributed by atoms with Gasteiger partial charge in [0, 0.05) is 21.8 Å². The summed E-state index contributed by atoms with van der Waals surface area (Å²) < 4.78 is 3.02. The van der Waals surface area contributed by atoms with Gasteiger partial charge in [0.1, 0.15) is 5.75 Å². The number of aromatic hydroxyl groups is 1. The van der Waals surface area contributed by atoms with E-state index < -0.39 is 0 Å². The summed E-state index contributed by atoms with van der Waals surface area (Å²) in [6, 6.07) is 23.2. The van der Waals surface area contributed by atoms with E-state index in [1.165, 1.54) is 0 Å². The number of phenols is 1. The zero-order valence-electron chi connectivity index (χ0n) is 15.7. The van der Waals surface area contributed by atoms with Crippen LogP contribution in [0.15, 0.2) is 98.0 Å². The summed E-state index contributed by atoms with van der Waals surface area (Å²) in [6.07, 6.45) is 5.15. The van der Waals surface area contributed by atoms with Gasteiger partial charge in [-0.3, -0.25) is 0 Å². The van der Waals surface area contributed by atoms with Gasteiger partial charge in [-0.1, -0.05) is 76.6 Å². The highest BCUT2D eigenvalue weighted by atomic mass is 79.9. The van der Waals surface area contributed by atoms with E-state index in [0.29, 0.717) is 16.0 Å². The highest BCUT2D eigenvalue weighted by Gasteiger charge is 2.10. The Morgan fingerprint density at radius 3 is 2.33 bits per heavy atom. The van der Waals surface area contributed by atoms with Crippen LogP contribution in [0.1, 0.15) is 11.1 Å². The lowest BCUT2D eigenvalue weighted by Gasteiger charge is -2.02. The number of aromatic nitrogens is 2. The van der Waals surface area contributed by atoms with Crippen molar-refractivity contribution < 1.29 is 5.11 Å². The molecule has 1 heterocycles. The third-order valence-electron chi connectivity index (χ3n) is 4.25. The molecule has 0 fully saturated rings. The van der Waals surface area contributed by atoms with E-state index in [9.17, 15) is 5.11 Å². The molecule has 0 saturated carbocycles. The highest BCUT2D eigenvalue weighted by molar-refractivity contribution is 9.11. The van der Waals surface area contributed by atoms with Gasteiger partial charge < -0.3 is 5.11 Å². The summed E-state index contributed by atoms with van der Waals surface area (Å²) in [7, 11) is 0. The third-order valence-corrected chi connectivity index (χ3v) is 5.31. The second-order valence-electron chi connectivity index (χ2n) is 6.38. The molecule has 0 unspecified atom stereocenters. The molecule has 0 saturated heterocycles. The van der Waals surface area contributed by atoms with E-state index in [1.807, 2.05) is 66.9 Å². The van der Waals surface area contributed by atoms with Crippen molar-refractivity contribution >= 4 is 50.2 Å². The molecule has 30 heavy (non-hydrogen) atoms. The monoisotopic (exact) mass is 522 g/mol. The van der Waals surface area contributed by atoms with E-state index in [0.717, 1.165) is 21.3 Å². The number of aliphatic imine (C=N–C) groups is 1. The molecule has 148 valence electrons. The fourth-order valence-electron chi connectivity index (χ4n) is 2.76. The largest absolute Gasteiger partial charge is 0.506 e. The van der Waals surface area contributed by atoms with Gasteiger partial charge >= 0.3 is 0 Å². The van der Waals surface area contributed by atoms with Gasteiger partial charge in [-0.2, -0.15) is 5.10 Å². The molecule has 4 aromatic rings. The molecule has 3 aromatic carbocycles. The lowest BCUT2D eigenvalue weighted by Crippen LogP contribution is -1.90. The fourth-order valence-corrected chi connectivity index (χ4v) is 4.02. The first-order valence-electron chi connectivity index (χ1n) is 9.06. The van der Waals surface area contributed by atoms with Crippen molar-refractivity contribution in [3.63, 3.8) is 0 Å². The Kier molecular flexibility index (Phi) is 6.21. The maximum absolute atomic E-state index is 10.3. The summed E-state index contributed by atoms with van der Waals surface area (Å²) in [5.74, 6) is 0.507. The maximum atomic E-state index is 10.3. The van der Waals surface area contributed by atoms with Crippen molar-refractivity contribution in [2.45, 2.75) is 0 Å². The van der Waals surface area contributed by atoms with E-state index in [4.69, 9.17) is 0 Å². The van der Waals surface area contributed by atoms with E-state index in [2.05, 4.69) is 46.9 Å². The predicted molar refractivity (Wildman–Crippen MR) is 128 cm³/mol. The lowest BCUT2D eigenvalue weighted by molar-refractivity contribution is 0.471. The van der Waals surface area contributed by atoms with Crippen LogP contribution in [-0.2, 0) is 0 Å². The number of nitrogens with zero attached hydrogens (tertiary/aromatic N) is 4. The molecule has 0 amide bonds. The molecule has 1 N–H and O–H groups in total. The van der Waals surface area contributed by atoms with Gasteiger partial charge in [-0.25, -0.2) is 14.7 Å². The molecule has 0 aliphatic heterocycles. The van der Waals surface area contributed by atoms with Crippen LogP contribution < -0.4 is 0 Å². The average Bonchev–Trinajstić information content (AvgIpc) is 3.18. The summed E-state index contributed by atoms with van der Waals surface area (Å²) in [6.45, 7) is 0. The van der Waals surface area contributed by atoms with Crippen LogP contribution in [0, 0.1) is 0 Å². The summed E-state index contributed by atoms with van der Waals surface area (Å²) in [5, 5.41) is 14.8. The van der Waals surface area contributed by atoms with Crippen molar-refractivity contribution in [3.05, 3.63) is 99.1 Å². The molecular weight excluding hydrogens is 508 g/mol. The molecule has 0 aliphatic rings. The third kappa shape index (κ3) is 4.75. The highest BCUT2D eigenvalue weighted by Crippen LogP contribution is 2.31. The summed E-state index contributed by atoms with van der Waals surface area (Å²) in [4.78, 5) is 9.12. The number of phenolic OH excluding ortho intramolecular Hbond substituents is 1. The fraction of sp³-hybridized carbons (Fsp3) is 0. The van der Waals surface area contributed by atoms with Gasteiger partial charge in [-0.05, 0) is 33.6 Å². The van der Waals surface area contributed by atoms with Crippen LogP contribution in [0.4, 0.5) is 5.95 Å². The van der Waals surface area contributed by atoms with E-state index >= 15 is 0 Å². The minimum Gasteiger partial charge on any atom is -0.506 e. The first-order valence-corrected chi connectivity index (χ1v) is 10.6. The topological polar surface area (TPSA) is 62.8 Å². The van der Waals surface area contributed by atoms with Gasteiger partial charge in [0.25, 0.3) is 5.95 Å². The van der Waals surface area contributed by atoms with Crippen LogP contribution in [0.2, 0.25) is 0 Å². The zero-order valence-corrected chi connectivity index (χ0v) is 18.8. The van der Waals surface area contributed by atoms with Gasteiger partial charge in [0.05, 0.1) is 22.6 Å². The van der Waals surface area contributed by atoms with Crippen LogP contribution in [0.25, 0.3) is 11.3 Å². The second kappa shape index (κ2) is 9.19. The Bertz CT molecular complexity index is 1220. The number of hydrogen-bond acceptors (Lipinski definition) is 4. The van der Waals surface area contributed by atoms with Crippen molar-refractivity contribution in [2.24, 2.45) is 10.1 Å². The molecule has 0 spiro atoms. The van der Waals surface area contributed by atoms with Gasteiger partial charge in [0.2, 0.25) is 0 Å². The van der Waals surface area contributed by atoms with Crippen LogP contribution >= 0.6 is 31.9 Å². The normalized spacial score (nSPS) is 11.5. The number of rotatable bonds is 5. The number of halogens is 2. The van der Waals surface area contributed by atoms with Crippen molar-refractivity contribution in [1.82, 2.24) is 9.66 Å². The molecular formula is C23H16Br2N4O. The lowest BCUT2D eigenvalue weighted by atomic mass is 10.2. The SMILES string of the molecule is Oc1c(Br)cc(Br)cc1C=Nc1nc(-c2ccccc2)cn1/N=C/c1ccccc1. The second-order valence-corrected chi connectivity index (χ2v) is 8.15. The smallest absolute Gasteiger partial charge is 0.251 e. The van der Waals surface area contributed by atoms with Crippen molar-refractivity contribution in [1.29, 1.82) is 0 Å². The van der Waals surface area contributed by atoms with Gasteiger partial charge in [-0.15, -0.1) is 0 Å². The molecule has 0 radical (unpaired) electrons. The quantitative estimate of drug-likeness (QED) is 0.307. The Hall–Kier alpha value is -3.03. The Morgan fingerprint density at radius 2 is 1.60 bits per heavy atom. The standard InChI is InChI=1S/C23H16Br2N4O/c24-19-11-18(22(30)20(25)12-19)14-26-23-28-21(17-9-5-2-6-10-17)15-29(23)27-13-16-7-3-1-4-8-16/h1-15,30H/b26-14?,27-13+. The molecule has 1 aromatic heterocycles.